The third-order valence-electron chi connectivity index (χ3n) is 4.63. The molecule has 2 rings (SSSR count). The third kappa shape index (κ3) is 4.51. The lowest BCUT2D eigenvalue weighted by Crippen LogP contribution is -2.62. The molecule has 1 aliphatic rings. The van der Waals surface area contributed by atoms with Crippen molar-refractivity contribution >= 4 is 15.9 Å². The zero-order valence-corrected chi connectivity index (χ0v) is 15.3. The number of nitrogens with one attached hydrogen (secondary N) is 1. The van der Waals surface area contributed by atoms with Crippen LogP contribution >= 0.6 is 15.9 Å². The smallest absolute Gasteiger partial charge is 0.0410 e. The van der Waals surface area contributed by atoms with Gasteiger partial charge in [-0.15, -0.1) is 0 Å². The van der Waals surface area contributed by atoms with Gasteiger partial charge in [0.2, 0.25) is 0 Å². The molecule has 4 heteroatoms. The van der Waals surface area contributed by atoms with E-state index in [4.69, 9.17) is 0 Å². The summed E-state index contributed by atoms with van der Waals surface area (Å²) >= 11 is 3.52. The van der Waals surface area contributed by atoms with E-state index in [-0.39, 0.29) is 5.54 Å². The quantitative estimate of drug-likeness (QED) is 0.871. The molecule has 2 heterocycles. The van der Waals surface area contributed by atoms with Crippen molar-refractivity contribution in [2.24, 2.45) is 5.92 Å². The summed E-state index contributed by atoms with van der Waals surface area (Å²) in [5, 5.41) is 3.75. The summed E-state index contributed by atoms with van der Waals surface area (Å²) in [7, 11) is 0. The number of hydrogen-bond donors (Lipinski definition) is 1. The van der Waals surface area contributed by atoms with Gasteiger partial charge in [0.1, 0.15) is 0 Å². The van der Waals surface area contributed by atoms with E-state index in [0.717, 1.165) is 36.4 Å². The van der Waals surface area contributed by atoms with E-state index in [1.165, 1.54) is 12.0 Å². The average Bonchev–Trinajstić information content (AvgIpc) is 2.42. The number of piperazine rings is 1. The zero-order valence-electron chi connectivity index (χ0n) is 13.7. The Kier molecular flexibility index (Phi) is 5.81. The molecular formula is C17H28BrN3. The minimum atomic E-state index is 0.232. The van der Waals surface area contributed by atoms with Crippen LogP contribution in [0.25, 0.3) is 0 Å². The molecule has 0 radical (unpaired) electrons. The van der Waals surface area contributed by atoms with Gasteiger partial charge in [0.25, 0.3) is 0 Å². The number of pyridine rings is 1. The van der Waals surface area contributed by atoms with Crippen molar-refractivity contribution in [2.75, 3.05) is 13.1 Å². The average molecular weight is 354 g/mol. The maximum atomic E-state index is 4.30. The van der Waals surface area contributed by atoms with Gasteiger partial charge >= 0.3 is 0 Å². The fourth-order valence-electron chi connectivity index (χ4n) is 3.12. The molecule has 1 aromatic heterocycles. The van der Waals surface area contributed by atoms with Crippen molar-refractivity contribution in [3.05, 3.63) is 28.5 Å². The van der Waals surface area contributed by atoms with E-state index in [1.54, 1.807) is 0 Å². The predicted molar refractivity (Wildman–Crippen MR) is 92.3 cm³/mol. The molecule has 21 heavy (non-hydrogen) atoms. The number of rotatable bonds is 5. The number of halogens is 1. The van der Waals surface area contributed by atoms with Gasteiger partial charge in [-0.3, -0.25) is 9.88 Å². The van der Waals surface area contributed by atoms with Crippen molar-refractivity contribution in [1.29, 1.82) is 0 Å². The lowest BCUT2D eigenvalue weighted by atomic mass is 9.89. The molecule has 2 atom stereocenters. The highest BCUT2D eigenvalue weighted by Crippen LogP contribution is 2.27. The van der Waals surface area contributed by atoms with Crippen LogP contribution in [-0.4, -0.2) is 34.6 Å². The monoisotopic (exact) mass is 353 g/mol. The van der Waals surface area contributed by atoms with E-state index in [1.807, 2.05) is 12.4 Å². The minimum Gasteiger partial charge on any atom is -0.311 e. The fourth-order valence-corrected chi connectivity index (χ4v) is 3.53. The molecule has 0 saturated carbocycles. The molecular weight excluding hydrogens is 326 g/mol. The van der Waals surface area contributed by atoms with Crippen molar-refractivity contribution in [1.82, 2.24) is 15.2 Å². The van der Waals surface area contributed by atoms with Gasteiger partial charge in [-0.1, -0.05) is 20.8 Å². The summed E-state index contributed by atoms with van der Waals surface area (Å²) in [6, 6.07) is 2.78. The maximum absolute atomic E-state index is 4.30. The largest absolute Gasteiger partial charge is 0.311 e. The first-order valence-electron chi connectivity index (χ1n) is 8.01. The Morgan fingerprint density at radius 2 is 2.24 bits per heavy atom. The van der Waals surface area contributed by atoms with Crippen molar-refractivity contribution < 1.29 is 0 Å². The van der Waals surface area contributed by atoms with Crippen LogP contribution in [0.3, 0.4) is 0 Å². The molecule has 0 aliphatic carbocycles. The van der Waals surface area contributed by atoms with Gasteiger partial charge in [0.15, 0.2) is 0 Å². The first-order valence-corrected chi connectivity index (χ1v) is 8.80. The number of hydrogen-bond acceptors (Lipinski definition) is 3. The normalized spacial score (nSPS) is 27.2. The summed E-state index contributed by atoms with van der Waals surface area (Å²) in [5.74, 6) is 0.739. The zero-order chi connectivity index (χ0) is 15.5. The molecule has 0 spiro atoms. The first kappa shape index (κ1) is 16.9. The Morgan fingerprint density at radius 3 is 2.86 bits per heavy atom. The minimum absolute atomic E-state index is 0.232. The van der Waals surface area contributed by atoms with E-state index in [9.17, 15) is 0 Å². The maximum Gasteiger partial charge on any atom is 0.0410 e. The molecule has 1 saturated heterocycles. The van der Waals surface area contributed by atoms with Crippen molar-refractivity contribution in [3.8, 4) is 0 Å². The number of aromatic nitrogens is 1. The second-order valence-electron chi connectivity index (χ2n) is 6.95. The van der Waals surface area contributed by atoms with Gasteiger partial charge in [0.05, 0.1) is 0 Å². The highest BCUT2D eigenvalue weighted by molar-refractivity contribution is 9.10. The standard InChI is InChI=1S/C17H28BrN3/c1-5-17(4)12-20-16(6-13(2)3)11-21(17)10-14-7-15(18)9-19-8-14/h7-9,13,16,20H,5-6,10-12H2,1-4H3. The van der Waals surface area contributed by atoms with Gasteiger partial charge in [0, 0.05) is 48.1 Å². The van der Waals surface area contributed by atoms with Crippen LogP contribution in [0.2, 0.25) is 0 Å². The third-order valence-corrected chi connectivity index (χ3v) is 5.06. The molecule has 2 unspecified atom stereocenters. The predicted octanol–water partition coefficient (Wildman–Crippen LogP) is 3.83. The molecule has 118 valence electrons. The topological polar surface area (TPSA) is 28.2 Å². The Hall–Kier alpha value is -0.450. The van der Waals surface area contributed by atoms with Crippen LogP contribution in [0.5, 0.6) is 0 Å². The Morgan fingerprint density at radius 1 is 1.48 bits per heavy atom. The summed E-state index contributed by atoms with van der Waals surface area (Å²) in [6.45, 7) is 12.4. The van der Waals surface area contributed by atoms with Gasteiger partial charge in [-0.2, -0.15) is 0 Å². The Labute approximate surface area is 137 Å². The van der Waals surface area contributed by atoms with Gasteiger partial charge < -0.3 is 5.32 Å². The molecule has 1 aliphatic heterocycles. The highest BCUT2D eigenvalue weighted by Gasteiger charge is 2.36. The molecule has 3 nitrogen and oxygen atoms in total. The Bertz CT molecular complexity index is 463. The Balaban J connectivity index is 2.10. The first-order chi connectivity index (χ1) is 9.93. The van der Waals surface area contributed by atoms with E-state index < -0.39 is 0 Å². The SMILES string of the molecule is CCC1(C)CNC(CC(C)C)CN1Cc1cncc(Br)c1. The van der Waals surface area contributed by atoms with Gasteiger partial charge in [-0.05, 0) is 53.2 Å². The van der Waals surface area contributed by atoms with Gasteiger partial charge in [-0.25, -0.2) is 0 Å². The van der Waals surface area contributed by atoms with E-state index in [0.29, 0.717) is 6.04 Å². The highest BCUT2D eigenvalue weighted by atomic mass is 79.9. The molecule has 0 amide bonds. The molecule has 1 aromatic rings. The summed E-state index contributed by atoms with van der Waals surface area (Å²) in [4.78, 5) is 6.94. The van der Waals surface area contributed by atoms with Crippen LogP contribution < -0.4 is 5.32 Å². The second-order valence-corrected chi connectivity index (χ2v) is 7.87. The molecule has 0 aromatic carbocycles. The van der Waals surface area contributed by atoms with Crippen molar-refractivity contribution in [2.45, 2.75) is 58.7 Å². The van der Waals surface area contributed by atoms with E-state index in [2.05, 4.69) is 64.9 Å². The van der Waals surface area contributed by atoms with Crippen LogP contribution in [0, 0.1) is 5.92 Å². The van der Waals surface area contributed by atoms with Crippen LogP contribution in [0.1, 0.15) is 46.1 Å². The summed E-state index contributed by atoms with van der Waals surface area (Å²) < 4.78 is 1.06. The lowest BCUT2D eigenvalue weighted by Gasteiger charge is -2.48. The lowest BCUT2D eigenvalue weighted by molar-refractivity contribution is 0.0371. The second kappa shape index (κ2) is 7.21. The van der Waals surface area contributed by atoms with Crippen LogP contribution in [0.4, 0.5) is 0 Å². The van der Waals surface area contributed by atoms with Crippen LogP contribution in [0.15, 0.2) is 22.9 Å². The summed E-state index contributed by atoms with van der Waals surface area (Å²) in [5.41, 5.74) is 1.52. The van der Waals surface area contributed by atoms with Crippen molar-refractivity contribution in [3.63, 3.8) is 0 Å². The number of nitrogens with zero attached hydrogens (tertiary/aromatic N) is 2. The molecule has 0 bridgehead atoms. The van der Waals surface area contributed by atoms with E-state index >= 15 is 0 Å². The molecule has 1 N–H and O–H groups in total. The fraction of sp³-hybridized carbons (Fsp3) is 0.706. The molecule has 1 fully saturated rings. The summed E-state index contributed by atoms with van der Waals surface area (Å²) in [6.07, 6.45) is 6.24. The van der Waals surface area contributed by atoms with Crippen LogP contribution in [-0.2, 0) is 6.54 Å².